The van der Waals surface area contributed by atoms with Crippen LogP contribution in [0.15, 0.2) is 52.3 Å². The highest BCUT2D eigenvalue weighted by atomic mass is 35.5. The van der Waals surface area contributed by atoms with Gasteiger partial charge in [-0.2, -0.15) is 5.26 Å². The van der Waals surface area contributed by atoms with E-state index < -0.39 is 19.9 Å². The Balaban J connectivity index is 2.49. The van der Waals surface area contributed by atoms with Gasteiger partial charge in [-0.1, -0.05) is 17.7 Å². The molecule has 0 aliphatic heterocycles. The first kappa shape index (κ1) is 17.3. The third-order valence-electron chi connectivity index (χ3n) is 2.86. The van der Waals surface area contributed by atoms with Gasteiger partial charge in [0.1, 0.15) is 4.90 Å². The van der Waals surface area contributed by atoms with Crippen LogP contribution in [0.1, 0.15) is 5.56 Å². The van der Waals surface area contributed by atoms with Crippen molar-refractivity contribution in [3.8, 4) is 6.07 Å². The Bertz CT molecular complexity index is 1010. The molecule has 0 radical (unpaired) electrons. The van der Waals surface area contributed by atoms with E-state index in [0.29, 0.717) is 0 Å². The molecule has 2 aromatic carbocycles. The fraction of sp³-hybridized carbons (Fsp3) is 0.0714. The normalized spacial score (nSPS) is 11.7. The van der Waals surface area contributed by atoms with Crippen molar-refractivity contribution in [3.63, 3.8) is 0 Å². The molecule has 0 aliphatic rings. The van der Waals surface area contributed by atoms with Gasteiger partial charge in [0.05, 0.1) is 27.2 Å². The maximum absolute atomic E-state index is 12.4. The van der Waals surface area contributed by atoms with E-state index in [4.69, 9.17) is 16.9 Å². The molecule has 0 atom stereocenters. The van der Waals surface area contributed by atoms with Gasteiger partial charge in [-0.05, 0) is 36.4 Å². The van der Waals surface area contributed by atoms with Crippen molar-refractivity contribution in [3.05, 3.63) is 53.1 Å². The summed E-state index contributed by atoms with van der Waals surface area (Å²) in [7, 11) is -7.69. The number of nitriles is 1. The predicted octanol–water partition coefficient (Wildman–Crippen LogP) is 2.42. The van der Waals surface area contributed by atoms with Crippen LogP contribution in [0.25, 0.3) is 0 Å². The highest BCUT2D eigenvalue weighted by Crippen LogP contribution is 2.27. The van der Waals surface area contributed by atoms with Crippen molar-refractivity contribution in [1.82, 2.24) is 0 Å². The highest BCUT2D eigenvalue weighted by molar-refractivity contribution is 7.93. The molecular weight excluding hydrogens is 360 g/mol. The van der Waals surface area contributed by atoms with Crippen molar-refractivity contribution < 1.29 is 16.8 Å². The van der Waals surface area contributed by atoms with Gasteiger partial charge in [0.25, 0.3) is 10.0 Å². The number of sulfonamides is 1. The topological polar surface area (TPSA) is 104 Å². The van der Waals surface area contributed by atoms with E-state index in [0.717, 1.165) is 12.3 Å². The lowest BCUT2D eigenvalue weighted by Crippen LogP contribution is -2.14. The van der Waals surface area contributed by atoms with Crippen LogP contribution in [0.2, 0.25) is 5.02 Å². The number of rotatable bonds is 4. The van der Waals surface area contributed by atoms with Gasteiger partial charge < -0.3 is 0 Å². The van der Waals surface area contributed by atoms with Gasteiger partial charge in [-0.25, -0.2) is 16.8 Å². The standard InChI is InChI=1S/C14H11ClN2O4S2/c1-22(18,19)12-5-6-13(15)14(8-12)23(20,21)17-11-4-2-3-10(7-11)9-16/h2-8,17H,1H3. The fourth-order valence-electron chi connectivity index (χ4n) is 1.78. The van der Waals surface area contributed by atoms with Crippen LogP contribution in [0, 0.1) is 11.3 Å². The number of nitrogens with zero attached hydrogens (tertiary/aromatic N) is 1. The minimum atomic E-state index is -4.11. The number of hydrogen-bond donors (Lipinski definition) is 1. The first-order chi connectivity index (χ1) is 10.6. The van der Waals surface area contributed by atoms with E-state index in [1.54, 1.807) is 0 Å². The third-order valence-corrected chi connectivity index (χ3v) is 5.84. The summed E-state index contributed by atoms with van der Waals surface area (Å²) in [5.74, 6) is 0. The summed E-state index contributed by atoms with van der Waals surface area (Å²) in [5.41, 5.74) is 0.450. The lowest BCUT2D eigenvalue weighted by atomic mass is 10.2. The lowest BCUT2D eigenvalue weighted by molar-refractivity contribution is 0.600. The molecule has 2 rings (SSSR count). The number of halogens is 1. The SMILES string of the molecule is CS(=O)(=O)c1ccc(Cl)c(S(=O)(=O)Nc2cccc(C#N)c2)c1. The van der Waals surface area contributed by atoms with Gasteiger partial charge in [0, 0.05) is 6.26 Å². The molecule has 2 aromatic rings. The Morgan fingerprint density at radius 2 is 1.78 bits per heavy atom. The zero-order chi connectivity index (χ0) is 17.3. The number of anilines is 1. The van der Waals surface area contributed by atoms with E-state index in [1.165, 1.54) is 36.4 Å². The van der Waals surface area contributed by atoms with Crippen LogP contribution < -0.4 is 4.72 Å². The van der Waals surface area contributed by atoms with Crippen molar-refractivity contribution in [2.45, 2.75) is 9.79 Å². The van der Waals surface area contributed by atoms with Gasteiger partial charge >= 0.3 is 0 Å². The Morgan fingerprint density at radius 3 is 2.39 bits per heavy atom. The lowest BCUT2D eigenvalue weighted by Gasteiger charge is -2.11. The second-order valence-electron chi connectivity index (χ2n) is 4.66. The molecule has 9 heteroatoms. The minimum Gasteiger partial charge on any atom is -0.280 e. The molecule has 0 heterocycles. The van der Waals surface area contributed by atoms with Gasteiger partial charge in [0.2, 0.25) is 0 Å². The van der Waals surface area contributed by atoms with E-state index in [-0.39, 0.29) is 26.1 Å². The summed E-state index contributed by atoms with van der Waals surface area (Å²) in [6.45, 7) is 0. The largest absolute Gasteiger partial charge is 0.280 e. The van der Waals surface area contributed by atoms with Gasteiger partial charge in [-0.15, -0.1) is 0 Å². The maximum Gasteiger partial charge on any atom is 0.263 e. The second kappa shape index (κ2) is 6.20. The molecule has 0 saturated carbocycles. The molecule has 0 saturated heterocycles. The van der Waals surface area contributed by atoms with Crippen LogP contribution >= 0.6 is 11.6 Å². The zero-order valence-corrected chi connectivity index (χ0v) is 14.2. The Labute approximate surface area is 139 Å². The molecule has 120 valence electrons. The minimum absolute atomic E-state index is 0.110. The molecular formula is C14H11ClN2O4S2. The molecule has 0 fully saturated rings. The predicted molar refractivity (Wildman–Crippen MR) is 86.5 cm³/mol. The molecule has 0 aromatic heterocycles. The Morgan fingerprint density at radius 1 is 1.09 bits per heavy atom. The summed E-state index contributed by atoms with van der Waals surface area (Å²) < 4.78 is 50.3. The summed E-state index contributed by atoms with van der Waals surface area (Å²) in [5, 5.41) is 8.72. The molecule has 0 aliphatic carbocycles. The summed E-state index contributed by atoms with van der Waals surface area (Å²) in [6, 6.07) is 11.2. The van der Waals surface area contributed by atoms with Crippen LogP contribution in [0.4, 0.5) is 5.69 Å². The molecule has 0 unspecified atom stereocenters. The van der Waals surface area contributed by atoms with Gasteiger partial charge in [-0.3, -0.25) is 4.72 Å². The Kier molecular flexibility index (Phi) is 4.66. The molecule has 6 nitrogen and oxygen atoms in total. The van der Waals surface area contributed by atoms with Crippen LogP contribution in [-0.4, -0.2) is 23.1 Å². The molecule has 0 bridgehead atoms. The quantitative estimate of drug-likeness (QED) is 0.889. The first-order valence-electron chi connectivity index (χ1n) is 6.16. The van der Waals surface area contributed by atoms with Crippen molar-refractivity contribution in [1.29, 1.82) is 5.26 Å². The average molecular weight is 371 g/mol. The van der Waals surface area contributed by atoms with Crippen LogP contribution in [0.5, 0.6) is 0 Å². The van der Waals surface area contributed by atoms with E-state index in [1.807, 2.05) is 6.07 Å². The van der Waals surface area contributed by atoms with E-state index in [9.17, 15) is 16.8 Å². The summed E-state index contributed by atoms with van der Waals surface area (Å²) in [4.78, 5) is -0.516. The first-order valence-corrected chi connectivity index (χ1v) is 9.91. The van der Waals surface area contributed by atoms with Crippen LogP contribution in [0.3, 0.4) is 0 Å². The van der Waals surface area contributed by atoms with Crippen molar-refractivity contribution in [2.24, 2.45) is 0 Å². The third kappa shape index (κ3) is 4.01. The van der Waals surface area contributed by atoms with E-state index >= 15 is 0 Å². The fourth-order valence-corrected chi connectivity index (χ4v) is 4.08. The smallest absolute Gasteiger partial charge is 0.263 e. The molecule has 0 spiro atoms. The van der Waals surface area contributed by atoms with Crippen molar-refractivity contribution in [2.75, 3.05) is 11.0 Å². The van der Waals surface area contributed by atoms with Crippen LogP contribution in [-0.2, 0) is 19.9 Å². The number of nitrogens with one attached hydrogen (secondary N) is 1. The van der Waals surface area contributed by atoms with Crippen molar-refractivity contribution >= 4 is 37.1 Å². The maximum atomic E-state index is 12.4. The summed E-state index contributed by atoms with van der Waals surface area (Å²) in [6.07, 6.45) is 0.969. The molecule has 1 N–H and O–H groups in total. The van der Waals surface area contributed by atoms with E-state index in [2.05, 4.69) is 4.72 Å². The number of sulfone groups is 1. The number of benzene rings is 2. The molecule has 0 amide bonds. The molecule has 23 heavy (non-hydrogen) atoms. The zero-order valence-electron chi connectivity index (χ0n) is 11.8. The average Bonchev–Trinajstić information content (AvgIpc) is 2.46. The second-order valence-corrected chi connectivity index (χ2v) is 8.74. The highest BCUT2D eigenvalue weighted by Gasteiger charge is 2.21. The summed E-state index contributed by atoms with van der Waals surface area (Å²) >= 11 is 5.89. The monoisotopic (exact) mass is 370 g/mol. The Hall–Kier alpha value is -2.08. The number of hydrogen-bond acceptors (Lipinski definition) is 5. The van der Waals surface area contributed by atoms with Gasteiger partial charge in [0.15, 0.2) is 9.84 Å².